The highest BCUT2D eigenvalue weighted by atomic mass is 127. The number of hydrogen-bond donors (Lipinski definition) is 0. The molecule has 14 heavy (non-hydrogen) atoms. The number of fused-ring (bicyclic) bond motifs is 1. The van der Waals surface area contributed by atoms with E-state index in [1.807, 2.05) is 0 Å². The summed E-state index contributed by atoms with van der Waals surface area (Å²) in [5.41, 5.74) is 4.80. The Kier molecular flexibility index (Phi) is 2.47. The predicted molar refractivity (Wildman–Crippen MR) is 68.7 cm³/mol. The largest absolute Gasteiger partial charge is 0.253 e. The summed E-state index contributed by atoms with van der Waals surface area (Å²) in [7, 11) is 0. The summed E-state index contributed by atoms with van der Waals surface area (Å²) in [5, 5.41) is 1.26. The third kappa shape index (κ3) is 1.52. The molecule has 0 aliphatic rings. The average molecular weight is 297 g/mol. The van der Waals surface area contributed by atoms with Crippen LogP contribution in [0.2, 0.25) is 0 Å². The highest BCUT2D eigenvalue weighted by Crippen LogP contribution is 2.24. The van der Waals surface area contributed by atoms with Crippen molar-refractivity contribution in [1.29, 1.82) is 0 Å². The van der Waals surface area contributed by atoms with Gasteiger partial charge in [0.15, 0.2) is 0 Å². The van der Waals surface area contributed by atoms with E-state index in [1.54, 1.807) is 0 Å². The molecule has 0 bridgehead atoms. The van der Waals surface area contributed by atoms with Crippen molar-refractivity contribution < 1.29 is 0 Å². The van der Waals surface area contributed by atoms with Gasteiger partial charge in [0.05, 0.1) is 5.52 Å². The number of halogens is 1. The van der Waals surface area contributed by atoms with Crippen molar-refractivity contribution in [2.45, 2.75) is 20.8 Å². The molecule has 2 rings (SSSR count). The number of benzene rings is 1. The van der Waals surface area contributed by atoms with Crippen LogP contribution in [0, 0.1) is 24.3 Å². The predicted octanol–water partition coefficient (Wildman–Crippen LogP) is 3.76. The van der Waals surface area contributed by atoms with Gasteiger partial charge in [-0.3, -0.25) is 4.98 Å². The van der Waals surface area contributed by atoms with Crippen LogP contribution in [0.1, 0.15) is 16.8 Å². The summed E-state index contributed by atoms with van der Waals surface area (Å²) in [6.07, 6.45) is 0. The first-order valence-corrected chi connectivity index (χ1v) is 5.70. The Morgan fingerprint density at radius 3 is 2.57 bits per heavy atom. The van der Waals surface area contributed by atoms with Gasteiger partial charge in [0, 0.05) is 14.7 Å². The van der Waals surface area contributed by atoms with Gasteiger partial charge in [-0.05, 0) is 60.6 Å². The molecule has 0 saturated heterocycles. The fraction of sp³-hybridized carbons (Fsp3) is 0.250. The molecule has 0 fully saturated rings. The number of aromatic nitrogens is 1. The third-order valence-corrected chi connectivity index (χ3v) is 3.94. The molecule has 0 spiro atoms. The van der Waals surface area contributed by atoms with E-state index in [-0.39, 0.29) is 0 Å². The van der Waals surface area contributed by atoms with Gasteiger partial charge in [0.2, 0.25) is 0 Å². The minimum absolute atomic E-state index is 1.11. The molecule has 0 aliphatic heterocycles. The first-order valence-electron chi connectivity index (χ1n) is 4.62. The van der Waals surface area contributed by atoms with Gasteiger partial charge in [-0.1, -0.05) is 12.1 Å². The van der Waals surface area contributed by atoms with Crippen LogP contribution in [-0.4, -0.2) is 4.98 Å². The van der Waals surface area contributed by atoms with E-state index in [4.69, 9.17) is 0 Å². The van der Waals surface area contributed by atoms with Crippen LogP contribution >= 0.6 is 22.6 Å². The van der Waals surface area contributed by atoms with E-state index >= 15 is 0 Å². The molecule has 1 nitrogen and oxygen atoms in total. The summed E-state index contributed by atoms with van der Waals surface area (Å²) in [6.45, 7) is 6.30. The highest BCUT2D eigenvalue weighted by molar-refractivity contribution is 14.1. The number of aryl methyl sites for hydroxylation is 2. The number of pyridine rings is 1. The lowest BCUT2D eigenvalue weighted by molar-refractivity contribution is 1.18. The molecule has 1 aromatic carbocycles. The van der Waals surface area contributed by atoms with Gasteiger partial charge < -0.3 is 0 Å². The van der Waals surface area contributed by atoms with Gasteiger partial charge in [-0.15, -0.1) is 0 Å². The molecular weight excluding hydrogens is 285 g/mol. The number of hydrogen-bond acceptors (Lipinski definition) is 1. The van der Waals surface area contributed by atoms with Crippen molar-refractivity contribution in [3.63, 3.8) is 0 Å². The summed E-state index contributed by atoms with van der Waals surface area (Å²) in [6, 6.07) is 6.44. The van der Waals surface area contributed by atoms with Crippen LogP contribution in [0.15, 0.2) is 18.2 Å². The molecule has 2 heteroatoms. The SMILES string of the molecule is Cc1ccc2c(I)c(C)c(C)nc2c1. The fourth-order valence-electron chi connectivity index (χ4n) is 1.55. The molecule has 0 aliphatic carbocycles. The van der Waals surface area contributed by atoms with Crippen molar-refractivity contribution in [3.05, 3.63) is 38.6 Å². The van der Waals surface area contributed by atoms with Gasteiger partial charge in [0.1, 0.15) is 0 Å². The second-order valence-corrected chi connectivity index (χ2v) is 4.74. The number of nitrogens with zero attached hydrogens (tertiary/aromatic N) is 1. The van der Waals surface area contributed by atoms with Crippen LogP contribution < -0.4 is 0 Å². The van der Waals surface area contributed by atoms with E-state index < -0.39 is 0 Å². The molecular formula is C12H12IN. The lowest BCUT2D eigenvalue weighted by Gasteiger charge is -2.07. The number of rotatable bonds is 0. The van der Waals surface area contributed by atoms with Gasteiger partial charge in [-0.2, -0.15) is 0 Å². The van der Waals surface area contributed by atoms with Crippen LogP contribution in [0.25, 0.3) is 10.9 Å². The van der Waals surface area contributed by atoms with E-state index in [9.17, 15) is 0 Å². The molecule has 72 valence electrons. The van der Waals surface area contributed by atoms with Crippen LogP contribution in [0.4, 0.5) is 0 Å². The maximum atomic E-state index is 4.59. The second-order valence-electron chi connectivity index (χ2n) is 3.66. The molecule has 0 amide bonds. The zero-order chi connectivity index (χ0) is 10.3. The minimum Gasteiger partial charge on any atom is -0.253 e. The Bertz CT molecular complexity index is 503. The van der Waals surface area contributed by atoms with Crippen LogP contribution in [-0.2, 0) is 0 Å². The Labute approximate surface area is 97.7 Å². The minimum atomic E-state index is 1.11. The highest BCUT2D eigenvalue weighted by Gasteiger charge is 2.06. The normalized spacial score (nSPS) is 10.9. The monoisotopic (exact) mass is 297 g/mol. The molecule has 0 unspecified atom stereocenters. The molecule has 0 N–H and O–H groups in total. The van der Waals surface area contributed by atoms with Crippen LogP contribution in [0.5, 0.6) is 0 Å². The molecule has 1 heterocycles. The van der Waals surface area contributed by atoms with E-state index in [1.165, 1.54) is 20.1 Å². The lowest BCUT2D eigenvalue weighted by atomic mass is 10.1. The summed E-state index contributed by atoms with van der Waals surface area (Å²) in [4.78, 5) is 4.59. The van der Waals surface area contributed by atoms with Crippen molar-refractivity contribution >= 4 is 33.5 Å². The Morgan fingerprint density at radius 2 is 1.86 bits per heavy atom. The average Bonchev–Trinajstić information content (AvgIpc) is 2.14. The van der Waals surface area contributed by atoms with E-state index in [2.05, 4.69) is 66.5 Å². The van der Waals surface area contributed by atoms with Crippen molar-refractivity contribution in [3.8, 4) is 0 Å². The molecule has 1 aromatic heterocycles. The maximum Gasteiger partial charge on any atom is 0.0718 e. The zero-order valence-corrected chi connectivity index (χ0v) is 10.7. The third-order valence-electron chi connectivity index (χ3n) is 2.55. The van der Waals surface area contributed by atoms with Crippen molar-refractivity contribution in [1.82, 2.24) is 4.98 Å². The summed E-state index contributed by atoms with van der Waals surface area (Å²) in [5.74, 6) is 0. The topological polar surface area (TPSA) is 12.9 Å². The fourth-order valence-corrected chi connectivity index (χ4v) is 2.39. The molecule has 0 saturated carbocycles. The van der Waals surface area contributed by atoms with Crippen molar-refractivity contribution in [2.24, 2.45) is 0 Å². The van der Waals surface area contributed by atoms with Crippen molar-refractivity contribution in [2.75, 3.05) is 0 Å². The molecule has 0 radical (unpaired) electrons. The van der Waals surface area contributed by atoms with Crippen LogP contribution in [0.3, 0.4) is 0 Å². The van der Waals surface area contributed by atoms with Gasteiger partial charge in [0.25, 0.3) is 0 Å². The van der Waals surface area contributed by atoms with E-state index in [0.29, 0.717) is 0 Å². The summed E-state index contributed by atoms with van der Waals surface area (Å²) < 4.78 is 1.32. The maximum absolute atomic E-state index is 4.59. The first-order chi connectivity index (χ1) is 6.59. The smallest absolute Gasteiger partial charge is 0.0718 e. The van der Waals surface area contributed by atoms with E-state index in [0.717, 1.165) is 11.2 Å². The lowest BCUT2D eigenvalue weighted by Crippen LogP contribution is -1.93. The second kappa shape index (κ2) is 3.50. The summed E-state index contributed by atoms with van der Waals surface area (Å²) >= 11 is 2.40. The Balaban J connectivity index is 2.91. The zero-order valence-electron chi connectivity index (χ0n) is 8.56. The molecule has 0 atom stereocenters. The quantitative estimate of drug-likeness (QED) is 0.675. The Morgan fingerprint density at radius 1 is 1.14 bits per heavy atom. The molecule has 2 aromatic rings. The Hall–Kier alpha value is -0.640. The first kappa shape index (κ1) is 9.90. The van der Waals surface area contributed by atoms with Gasteiger partial charge >= 0.3 is 0 Å². The standard InChI is InChI=1S/C12H12IN/c1-7-4-5-10-11(6-7)14-9(3)8(2)12(10)13/h4-6H,1-3H3. The van der Waals surface area contributed by atoms with Gasteiger partial charge in [-0.25, -0.2) is 0 Å².